The van der Waals surface area contributed by atoms with Gasteiger partial charge in [-0.1, -0.05) is 127 Å². The number of nitrogens with zero attached hydrogens (tertiary/aromatic N) is 3. The zero-order chi connectivity index (χ0) is 31.6. The van der Waals surface area contributed by atoms with Crippen LogP contribution in [0.25, 0.3) is 44.3 Å². The largest absolute Gasteiger partial charge is 0.507 e. The molecule has 0 spiro atoms. The van der Waals surface area contributed by atoms with E-state index in [2.05, 4.69) is 82.3 Å². The number of rotatable bonds is 16. The van der Waals surface area contributed by atoms with Gasteiger partial charge in [0, 0.05) is 17.4 Å². The van der Waals surface area contributed by atoms with Crippen LogP contribution in [-0.2, 0) is 0 Å². The van der Waals surface area contributed by atoms with Gasteiger partial charge >= 0.3 is 0 Å². The molecule has 0 aliphatic heterocycles. The predicted octanol–water partition coefficient (Wildman–Crippen LogP) is 11.1. The Labute approximate surface area is 272 Å². The maximum atomic E-state index is 11.2. The standard InChI is InChI=1S/C39H47N3O2S/c1-5-9-15-27(7-3)25-44-30-21-22-34(36(43)24-30)37-40-38(42-39(41-37)45-26-28(8-4)16-10-6-2)35-23-29-17-11-12-18-31(29)32-19-13-14-20-33(32)35/h11-14,17-24,27-28,43H,5-10,15-16,25-26H2,1-4H3. The third-order valence-electron chi connectivity index (χ3n) is 8.85. The maximum Gasteiger partial charge on any atom is 0.191 e. The number of aromatic nitrogens is 3. The van der Waals surface area contributed by atoms with E-state index >= 15 is 0 Å². The minimum absolute atomic E-state index is 0.111. The number of aromatic hydroxyl groups is 1. The quantitative estimate of drug-likeness (QED) is 0.0873. The average molecular weight is 622 g/mol. The van der Waals surface area contributed by atoms with Crippen LogP contribution in [0.1, 0.15) is 79.1 Å². The molecule has 5 aromatic rings. The summed E-state index contributed by atoms with van der Waals surface area (Å²) >= 11 is 1.69. The molecule has 0 aliphatic rings. The number of unbranched alkanes of at least 4 members (excludes halogenated alkanes) is 2. The third-order valence-corrected chi connectivity index (χ3v) is 9.93. The smallest absolute Gasteiger partial charge is 0.191 e. The summed E-state index contributed by atoms with van der Waals surface area (Å²) in [6, 6.07) is 24.6. The topological polar surface area (TPSA) is 68.1 Å². The van der Waals surface area contributed by atoms with E-state index in [9.17, 15) is 5.11 Å². The summed E-state index contributed by atoms with van der Waals surface area (Å²) < 4.78 is 6.13. The predicted molar refractivity (Wildman–Crippen MR) is 190 cm³/mol. The zero-order valence-corrected chi connectivity index (χ0v) is 28.1. The Morgan fingerprint density at radius 1 is 0.689 bits per heavy atom. The molecule has 6 heteroatoms. The summed E-state index contributed by atoms with van der Waals surface area (Å²) in [5, 5.41) is 16.5. The lowest BCUT2D eigenvalue weighted by molar-refractivity contribution is 0.232. The van der Waals surface area contributed by atoms with Crippen LogP contribution in [0.5, 0.6) is 11.5 Å². The van der Waals surface area contributed by atoms with Crippen molar-refractivity contribution < 1.29 is 9.84 Å². The molecule has 0 amide bonds. The molecule has 5 nitrogen and oxygen atoms in total. The Bertz CT molecular complexity index is 1710. The molecular formula is C39H47N3O2S. The lowest BCUT2D eigenvalue weighted by Gasteiger charge is -2.16. The van der Waals surface area contributed by atoms with Gasteiger partial charge in [-0.05, 0) is 64.4 Å². The van der Waals surface area contributed by atoms with Crippen molar-refractivity contribution >= 4 is 33.3 Å². The van der Waals surface area contributed by atoms with Crippen molar-refractivity contribution in [3.8, 4) is 34.3 Å². The van der Waals surface area contributed by atoms with Gasteiger partial charge in [-0.3, -0.25) is 0 Å². The number of hydrogen-bond acceptors (Lipinski definition) is 6. The first kappa shape index (κ1) is 32.7. The maximum absolute atomic E-state index is 11.2. The fourth-order valence-corrected chi connectivity index (χ4v) is 6.98. The van der Waals surface area contributed by atoms with E-state index in [0.29, 0.717) is 46.6 Å². The molecule has 2 unspecified atom stereocenters. The van der Waals surface area contributed by atoms with E-state index in [1.54, 1.807) is 17.8 Å². The molecule has 1 N–H and O–H groups in total. The molecule has 0 bridgehead atoms. The Kier molecular flexibility index (Phi) is 11.7. The van der Waals surface area contributed by atoms with Gasteiger partial charge in [-0.25, -0.2) is 15.0 Å². The summed E-state index contributed by atoms with van der Waals surface area (Å²) in [6.45, 7) is 9.59. The van der Waals surface area contributed by atoms with Crippen LogP contribution in [0.4, 0.5) is 0 Å². The number of phenols is 1. The molecule has 4 aromatic carbocycles. The van der Waals surface area contributed by atoms with Crippen LogP contribution in [0, 0.1) is 11.8 Å². The van der Waals surface area contributed by atoms with Crippen LogP contribution >= 0.6 is 11.8 Å². The van der Waals surface area contributed by atoms with Gasteiger partial charge in [0.05, 0.1) is 12.2 Å². The van der Waals surface area contributed by atoms with E-state index in [0.717, 1.165) is 41.4 Å². The number of hydrogen-bond donors (Lipinski definition) is 1. The van der Waals surface area contributed by atoms with Crippen LogP contribution < -0.4 is 4.74 Å². The molecule has 1 heterocycles. The molecule has 236 valence electrons. The van der Waals surface area contributed by atoms with Crippen molar-refractivity contribution in [1.29, 1.82) is 0 Å². The second-order valence-corrected chi connectivity index (χ2v) is 13.1. The minimum atomic E-state index is 0.111. The lowest BCUT2D eigenvalue weighted by Crippen LogP contribution is -2.11. The Morgan fingerprint density at radius 2 is 1.33 bits per heavy atom. The normalized spacial score (nSPS) is 12.9. The first-order valence-electron chi connectivity index (χ1n) is 16.8. The van der Waals surface area contributed by atoms with E-state index < -0.39 is 0 Å². The van der Waals surface area contributed by atoms with Crippen LogP contribution in [0.3, 0.4) is 0 Å². The van der Waals surface area contributed by atoms with Gasteiger partial charge in [-0.15, -0.1) is 0 Å². The summed E-state index contributed by atoms with van der Waals surface area (Å²) in [5.74, 6) is 3.94. The number of thioether (sulfide) groups is 1. The van der Waals surface area contributed by atoms with E-state index in [1.165, 1.54) is 42.9 Å². The third kappa shape index (κ3) is 8.15. The molecular weight excluding hydrogens is 575 g/mol. The highest BCUT2D eigenvalue weighted by molar-refractivity contribution is 7.99. The van der Waals surface area contributed by atoms with Crippen LogP contribution in [-0.4, -0.2) is 32.4 Å². The van der Waals surface area contributed by atoms with Crippen molar-refractivity contribution in [2.45, 2.75) is 84.2 Å². The molecule has 5 rings (SSSR count). The van der Waals surface area contributed by atoms with Crippen molar-refractivity contribution in [1.82, 2.24) is 15.0 Å². The van der Waals surface area contributed by atoms with Gasteiger partial charge < -0.3 is 9.84 Å². The number of fused-ring (bicyclic) bond motifs is 3. The first-order valence-corrected chi connectivity index (χ1v) is 17.8. The second-order valence-electron chi connectivity index (χ2n) is 12.1. The number of benzene rings is 4. The lowest BCUT2D eigenvalue weighted by atomic mass is 9.97. The van der Waals surface area contributed by atoms with Gasteiger partial charge in [0.25, 0.3) is 0 Å². The molecule has 45 heavy (non-hydrogen) atoms. The molecule has 0 saturated heterocycles. The molecule has 0 radical (unpaired) electrons. The molecule has 0 saturated carbocycles. The van der Waals surface area contributed by atoms with Crippen molar-refractivity contribution in [2.24, 2.45) is 11.8 Å². The first-order chi connectivity index (χ1) is 22.0. The average Bonchev–Trinajstić information content (AvgIpc) is 3.08. The van der Waals surface area contributed by atoms with Gasteiger partial charge in [0.2, 0.25) is 0 Å². The monoisotopic (exact) mass is 621 g/mol. The Hall–Kier alpha value is -3.64. The summed E-state index contributed by atoms with van der Waals surface area (Å²) in [6.07, 6.45) is 9.41. The summed E-state index contributed by atoms with van der Waals surface area (Å²) in [5.41, 5.74) is 1.54. The highest BCUT2D eigenvalue weighted by Gasteiger charge is 2.18. The highest BCUT2D eigenvalue weighted by atomic mass is 32.2. The van der Waals surface area contributed by atoms with E-state index in [1.807, 2.05) is 12.1 Å². The van der Waals surface area contributed by atoms with Crippen molar-refractivity contribution in [3.05, 3.63) is 72.8 Å². The van der Waals surface area contributed by atoms with Crippen LogP contribution in [0.2, 0.25) is 0 Å². The molecule has 2 atom stereocenters. The number of ether oxygens (including phenoxy) is 1. The second kappa shape index (κ2) is 16.1. The molecule has 0 aliphatic carbocycles. The SMILES string of the molecule is CCCCC(CC)COc1ccc(-c2nc(SCC(CC)CCCC)nc(-c3cc4ccccc4c4ccccc34)n2)c(O)c1. The molecule has 1 aromatic heterocycles. The fourth-order valence-electron chi connectivity index (χ4n) is 5.89. The molecule has 0 fully saturated rings. The highest BCUT2D eigenvalue weighted by Crippen LogP contribution is 2.37. The Morgan fingerprint density at radius 3 is 2.02 bits per heavy atom. The van der Waals surface area contributed by atoms with Crippen LogP contribution in [0.15, 0.2) is 78.0 Å². The Balaban J connectivity index is 1.54. The van der Waals surface area contributed by atoms with E-state index in [-0.39, 0.29) is 5.75 Å². The van der Waals surface area contributed by atoms with E-state index in [4.69, 9.17) is 19.7 Å². The van der Waals surface area contributed by atoms with Gasteiger partial charge in [0.15, 0.2) is 16.8 Å². The summed E-state index contributed by atoms with van der Waals surface area (Å²) in [4.78, 5) is 14.9. The summed E-state index contributed by atoms with van der Waals surface area (Å²) in [7, 11) is 0. The fraction of sp³-hybridized carbons (Fsp3) is 0.410. The number of phenolic OH excluding ortho intramolecular Hbond substituents is 1. The zero-order valence-electron chi connectivity index (χ0n) is 27.3. The minimum Gasteiger partial charge on any atom is -0.507 e. The van der Waals surface area contributed by atoms with Crippen molar-refractivity contribution in [2.75, 3.05) is 12.4 Å². The van der Waals surface area contributed by atoms with Gasteiger partial charge in [-0.2, -0.15) is 0 Å². The van der Waals surface area contributed by atoms with Gasteiger partial charge in [0.1, 0.15) is 11.5 Å². The van der Waals surface area contributed by atoms with Crippen molar-refractivity contribution in [3.63, 3.8) is 0 Å².